The Morgan fingerprint density at radius 3 is 2.31 bits per heavy atom. The van der Waals surface area contributed by atoms with Crippen molar-refractivity contribution in [1.29, 1.82) is 0 Å². The lowest BCUT2D eigenvalue weighted by Gasteiger charge is -2.40. The first kappa shape index (κ1) is 21.6. The second kappa shape index (κ2) is 7.70. The zero-order valence-electron chi connectivity index (χ0n) is 17.0. The molecular formula is C25H20Br2O5. The molecule has 5 rings (SSSR count). The van der Waals surface area contributed by atoms with Crippen molar-refractivity contribution >= 4 is 37.8 Å². The van der Waals surface area contributed by atoms with Crippen LogP contribution in [0.1, 0.15) is 22.6 Å². The monoisotopic (exact) mass is 558 g/mol. The van der Waals surface area contributed by atoms with Gasteiger partial charge in [0.05, 0.1) is 13.0 Å². The third-order valence-electron chi connectivity index (χ3n) is 6.66. The number of rotatable bonds is 3. The van der Waals surface area contributed by atoms with E-state index in [4.69, 9.17) is 9.47 Å². The topological polar surface area (TPSA) is 76.0 Å². The van der Waals surface area contributed by atoms with Crippen LogP contribution in [0.5, 0.6) is 5.75 Å². The average Bonchev–Trinajstić information content (AvgIpc) is 3.17. The number of hydrogen-bond acceptors (Lipinski definition) is 5. The van der Waals surface area contributed by atoms with Gasteiger partial charge in [0.15, 0.2) is 11.2 Å². The number of esters is 1. The summed E-state index contributed by atoms with van der Waals surface area (Å²) in [6.07, 6.45) is -1.47. The quantitative estimate of drug-likeness (QED) is 0.457. The highest BCUT2D eigenvalue weighted by atomic mass is 79.9. The van der Waals surface area contributed by atoms with E-state index < -0.39 is 35.1 Å². The van der Waals surface area contributed by atoms with Crippen molar-refractivity contribution in [1.82, 2.24) is 0 Å². The van der Waals surface area contributed by atoms with Crippen molar-refractivity contribution in [2.75, 3.05) is 7.11 Å². The third kappa shape index (κ3) is 2.78. The van der Waals surface area contributed by atoms with E-state index in [1.54, 1.807) is 18.2 Å². The molecule has 2 N–H and O–H groups in total. The van der Waals surface area contributed by atoms with E-state index in [0.29, 0.717) is 16.9 Å². The molecule has 2 aliphatic rings. The Morgan fingerprint density at radius 2 is 1.66 bits per heavy atom. The highest BCUT2D eigenvalue weighted by molar-refractivity contribution is 9.10. The van der Waals surface area contributed by atoms with Crippen LogP contribution in [0.3, 0.4) is 0 Å². The Hall–Kier alpha value is -2.19. The number of carbonyl (C=O) groups excluding carboxylic acids is 1. The highest BCUT2D eigenvalue weighted by Gasteiger charge is 2.77. The molecule has 3 aromatic carbocycles. The van der Waals surface area contributed by atoms with Gasteiger partial charge in [-0.05, 0) is 35.4 Å². The number of aliphatic hydroxyl groups excluding tert-OH is 1. The molecule has 0 radical (unpaired) electrons. The van der Waals surface area contributed by atoms with Crippen molar-refractivity contribution in [2.45, 2.75) is 23.2 Å². The predicted octanol–water partition coefficient (Wildman–Crippen LogP) is 4.63. The summed E-state index contributed by atoms with van der Waals surface area (Å²) < 4.78 is 13.4. The molecule has 0 spiro atoms. The lowest BCUT2D eigenvalue weighted by Crippen LogP contribution is -2.52. The number of fused-ring (bicyclic) bond motifs is 3. The first-order valence-corrected chi connectivity index (χ1v) is 11.7. The zero-order chi connectivity index (χ0) is 22.7. The van der Waals surface area contributed by atoms with E-state index in [2.05, 4.69) is 31.9 Å². The fourth-order valence-electron chi connectivity index (χ4n) is 5.38. The molecule has 1 heterocycles. The largest absolute Gasteiger partial charge is 0.478 e. The van der Waals surface area contributed by atoms with Gasteiger partial charge < -0.3 is 19.7 Å². The van der Waals surface area contributed by atoms with Gasteiger partial charge in [-0.15, -0.1) is 0 Å². The summed E-state index contributed by atoms with van der Waals surface area (Å²) in [5, 5.41) is 23.9. The van der Waals surface area contributed by atoms with Crippen LogP contribution in [0.2, 0.25) is 0 Å². The maximum Gasteiger partial charge on any atom is 0.312 e. The molecule has 164 valence electrons. The third-order valence-corrected chi connectivity index (χ3v) is 7.68. The lowest BCUT2D eigenvalue weighted by atomic mass is 9.71. The number of benzene rings is 3. The minimum absolute atomic E-state index is 0.434. The molecule has 3 aromatic rings. The second-order valence-electron chi connectivity index (χ2n) is 8.13. The Balaban J connectivity index is 1.87. The summed E-state index contributed by atoms with van der Waals surface area (Å²) in [5.74, 6) is -1.92. The Bertz CT molecular complexity index is 1180. The standard InChI is InChI=1S/C25H20Br2O5/c1-31-23(29)20-21(14-5-3-2-4-6-14)25(15-7-9-16(26)10-8-15)24(30,22(20)28)18-12-11-17(27)13-19(18)32-25/h2-13,20-22,28,30H,1H3/t20-,21-,22-,24+,25+/m1/s1. The van der Waals surface area contributed by atoms with E-state index in [1.807, 2.05) is 54.6 Å². The first-order valence-electron chi connectivity index (χ1n) is 10.1. The van der Waals surface area contributed by atoms with Gasteiger partial charge in [-0.1, -0.05) is 80.4 Å². The minimum atomic E-state index is -1.89. The zero-order valence-corrected chi connectivity index (χ0v) is 20.2. The predicted molar refractivity (Wildman–Crippen MR) is 125 cm³/mol. The van der Waals surface area contributed by atoms with Crippen molar-refractivity contribution in [3.8, 4) is 5.75 Å². The van der Waals surface area contributed by atoms with Crippen LogP contribution in [0, 0.1) is 5.92 Å². The number of ether oxygens (including phenoxy) is 2. The van der Waals surface area contributed by atoms with Gasteiger partial charge in [-0.2, -0.15) is 0 Å². The van der Waals surface area contributed by atoms with Gasteiger partial charge in [-0.25, -0.2) is 0 Å². The molecule has 32 heavy (non-hydrogen) atoms. The molecule has 0 amide bonds. The molecule has 1 fully saturated rings. The molecule has 0 bridgehead atoms. The van der Waals surface area contributed by atoms with E-state index >= 15 is 0 Å². The summed E-state index contributed by atoms with van der Waals surface area (Å²) >= 11 is 6.92. The summed E-state index contributed by atoms with van der Waals surface area (Å²) in [4.78, 5) is 13.0. The maximum absolute atomic E-state index is 13.0. The number of halogens is 2. The van der Waals surface area contributed by atoms with Crippen LogP contribution in [-0.2, 0) is 20.7 Å². The molecule has 1 aliphatic carbocycles. The smallest absolute Gasteiger partial charge is 0.312 e. The molecule has 7 heteroatoms. The number of hydrogen-bond donors (Lipinski definition) is 2. The number of aliphatic hydroxyl groups is 2. The summed E-state index contributed by atoms with van der Waals surface area (Å²) in [5.41, 5.74) is -1.52. The van der Waals surface area contributed by atoms with Crippen molar-refractivity contribution in [3.05, 3.63) is 98.4 Å². The molecule has 5 atom stereocenters. The number of methoxy groups -OCH3 is 1. The SMILES string of the molecule is COC(=O)[C@H]1[C@@H](O)[C@@]2(O)c3ccc(Br)cc3O[C@@]2(c2ccc(Br)cc2)[C@@H]1c1ccccc1. The molecule has 0 aromatic heterocycles. The fraction of sp³-hybridized carbons (Fsp3) is 0.240. The summed E-state index contributed by atoms with van der Waals surface area (Å²) in [7, 11) is 1.29. The molecule has 0 saturated heterocycles. The van der Waals surface area contributed by atoms with Gasteiger partial charge >= 0.3 is 5.97 Å². The van der Waals surface area contributed by atoms with Crippen LogP contribution in [0.25, 0.3) is 0 Å². The number of carbonyl (C=O) groups is 1. The van der Waals surface area contributed by atoms with Crippen LogP contribution < -0.4 is 4.74 Å². The van der Waals surface area contributed by atoms with Gasteiger partial charge in [0, 0.05) is 20.4 Å². The maximum atomic E-state index is 13.0. The summed E-state index contributed by atoms with van der Waals surface area (Å²) in [6, 6.07) is 22.0. The van der Waals surface area contributed by atoms with E-state index in [0.717, 1.165) is 14.5 Å². The van der Waals surface area contributed by atoms with Crippen LogP contribution in [0.4, 0.5) is 0 Å². The lowest BCUT2D eigenvalue weighted by molar-refractivity contribution is -0.161. The van der Waals surface area contributed by atoms with Crippen LogP contribution in [0.15, 0.2) is 81.7 Å². The van der Waals surface area contributed by atoms with Gasteiger partial charge in [0.1, 0.15) is 11.9 Å². The Kier molecular flexibility index (Phi) is 5.21. The molecule has 1 aliphatic heterocycles. The van der Waals surface area contributed by atoms with E-state index in [1.165, 1.54) is 7.11 Å². The van der Waals surface area contributed by atoms with Crippen molar-refractivity contribution in [3.63, 3.8) is 0 Å². The minimum Gasteiger partial charge on any atom is -0.478 e. The molecule has 1 saturated carbocycles. The van der Waals surface area contributed by atoms with E-state index in [-0.39, 0.29) is 0 Å². The van der Waals surface area contributed by atoms with Crippen molar-refractivity contribution < 1.29 is 24.5 Å². The molecular weight excluding hydrogens is 540 g/mol. The normalized spacial score (nSPS) is 30.3. The molecule has 5 nitrogen and oxygen atoms in total. The summed E-state index contributed by atoms with van der Waals surface area (Å²) in [6.45, 7) is 0. The van der Waals surface area contributed by atoms with E-state index in [9.17, 15) is 15.0 Å². The van der Waals surface area contributed by atoms with Crippen LogP contribution in [-0.4, -0.2) is 29.4 Å². The Labute approximate surface area is 202 Å². The fourth-order valence-corrected chi connectivity index (χ4v) is 5.99. The van der Waals surface area contributed by atoms with Crippen LogP contribution >= 0.6 is 31.9 Å². The highest BCUT2D eigenvalue weighted by Crippen LogP contribution is 2.68. The van der Waals surface area contributed by atoms with Crippen molar-refractivity contribution in [2.24, 2.45) is 5.92 Å². The second-order valence-corrected chi connectivity index (χ2v) is 9.96. The van der Waals surface area contributed by atoms with Gasteiger partial charge in [0.25, 0.3) is 0 Å². The average molecular weight is 560 g/mol. The van der Waals surface area contributed by atoms with Gasteiger partial charge in [-0.3, -0.25) is 4.79 Å². The first-order chi connectivity index (χ1) is 15.3. The van der Waals surface area contributed by atoms with Gasteiger partial charge in [0.2, 0.25) is 0 Å². The Morgan fingerprint density at radius 1 is 1.00 bits per heavy atom. The molecule has 0 unspecified atom stereocenters.